The molecule has 0 saturated carbocycles. The predicted octanol–water partition coefficient (Wildman–Crippen LogP) is 2.26. The van der Waals surface area contributed by atoms with Crippen molar-refractivity contribution in [1.29, 1.82) is 0 Å². The minimum atomic E-state index is -0.121. The average molecular weight is 308 g/mol. The summed E-state index contributed by atoms with van der Waals surface area (Å²) in [5.74, 6) is 0.574. The molecular formula is C12H10ClN5OS. The van der Waals surface area contributed by atoms with E-state index in [1.807, 2.05) is 16.0 Å². The van der Waals surface area contributed by atoms with Crippen LogP contribution in [0.25, 0.3) is 4.96 Å². The zero-order valence-corrected chi connectivity index (χ0v) is 12.1. The number of carbonyl (C=O) groups is 1. The Morgan fingerprint density at radius 3 is 3.25 bits per heavy atom. The molecule has 3 aromatic heterocycles. The lowest BCUT2D eigenvalue weighted by Crippen LogP contribution is -2.25. The van der Waals surface area contributed by atoms with Crippen LogP contribution in [0.4, 0.5) is 5.82 Å². The normalized spacial score (nSPS) is 18.3. The van der Waals surface area contributed by atoms with Crippen molar-refractivity contribution < 1.29 is 4.79 Å². The van der Waals surface area contributed by atoms with Crippen LogP contribution in [0.2, 0.25) is 5.15 Å². The molecule has 0 aliphatic carbocycles. The van der Waals surface area contributed by atoms with Crippen molar-refractivity contribution >= 4 is 39.6 Å². The Labute approximate surface area is 123 Å². The van der Waals surface area contributed by atoms with Gasteiger partial charge in [-0.1, -0.05) is 11.6 Å². The van der Waals surface area contributed by atoms with E-state index in [0.29, 0.717) is 11.6 Å². The van der Waals surface area contributed by atoms with E-state index in [9.17, 15) is 4.79 Å². The minimum Gasteiger partial charge on any atom is -0.311 e. The SMILES string of the molecule is Cn1ncc2c1NC(=O)C[C@H]2c1c(Cl)nc2sccn12. The smallest absolute Gasteiger partial charge is 0.226 e. The topological polar surface area (TPSA) is 64.2 Å². The number of halogens is 1. The van der Waals surface area contributed by atoms with E-state index in [2.05, 4.69) is 15.4 Å². The number of thiazole rings is 1. The van der Waals surface area contributed by atoms with Crippen LogP contribution in [0.5, 0.6) is 0 Å². The summed E-state index contributed by atoms with van der Waals surface area (Å²) in [5.41, 5.74) is 1.83. The fourth-order valence-electron chi connectivity index (χ4n) is 2.67. The Balaban J connectivity index is 1.96. The van der Waals surface area contributed by atoms with Crippen LogP contribution >= 0.6 is 22.9 Å². The maximum Gasteiger partial charge on any atom is 0.226 e. The molecule has 6 nitrogen and oxygen atoms in total. The fraction of sp³-hybridized carbons (Fsp3) is 0.250. The first-order chi connectivity index (χ1) is 9.65. The number of fused-ring (bicyclic) bond motifs is 2. The molecule has 0 bridgehead atoms. The predicted molar refractivity (Wildman–Crippen MR) is 76.4 cm³/mol. The number of carbonyl (C=O) groups excluding carboxylic acids is 1. The summed E-state index contributed by atoms with van der Waals surface area (Å²) in [7, 11) is 1.81. The summed E-state index contributed by atoms with van der Waals surface area (Å²) in [5, 5.41) is 9.48. The first-order valence-electron chi connectivity index (χ1n) is 6.08. The van der Waals surface area contributed by atoms with E-state index >= 15 is 0 Å². The Kier molecular flexibility index (Phi) is 2.42. The number of hydrogen-bond acceptors (Lipinski definition) is 4. The molecule has 1 amide bonds. The van der Waals surface area contributed by atoms with Crippen LogP contribution < -0.4 is 5.32 Å². The summed E-state index contributed by atoms with van der Waals surface area (Å²) in [4.78, 5) is 17.1. The maximum absolute atomic E-state index is 11.9. The standard InChI is InChI=1S/C12H10ClN5OS/c1-17-11-7(5-14-17)6(4-8(19)15-11)9-10(13)16-12-18(9)2-3-20-12/h2-3,5-6H,4H2,1H3,(H,15,19)/t6-/m1/s1. The Hall–Kier alpha value is -1.86. The molecule has 4 rings (SSSR count). The number of hydrogen-bond donors (Lipinski definition) is 1. The van der Waals surface area contributed by atoms with Crippen LogP contribution in [0.3, 0.4) is 0 Å². The molecule has 0 saturated heterocycles. The van der Waals surface area contributed by atoms with Crippen LogP contribution in [0.15, 0.2) is 17.8 Å². The molecule has 1 N–H and O–H groups in total. The molecule has 8 heteroatoms. The quantitative estimate of drug-likeness (QED) is 0.750. The van der Waals surface area contributed by atoms with E-state index in [0.717, 1.165) is 22.0 Å². The number of nitrogens with zero attached hydrogens (tertiary/aromatic N) is 4. The molecule has 0 unspecified atom stereocenters. The molecule has 102 valence electrons. The third-order valence-electron chi connectivity index (χ3n) is 3.57. The Morgan fingerprint density at radius 1 is 1.55 bits per heavy atom. The van der Waals surface area contributed by atoms with E-state index in [4.69, 9.17) is 11.6 Å². The highest BCUT2D eigenvalue weighted by Crippen LogP contribution is 2.40. The highest BCUT2D eigenvalue weighted by molar-refractivity contribution is 7.15. The van der Waals surface area contributed by atoms with E-state index < -0.39 is 0 Å². The van der Waals surface area contributed by atoms with Crippen LogP contribution in [0, 0.1) is 0 Å². The summed E-state index contributed by atoms with van der Waals surface area (Å²) in [6.45, 7) is 0. The average Bonchev–Trinajstić information content (AvgIpc) is 3.04. The van der Waals surface area contributed by atoms with E-state index in [1.54, 1.807) is 17.9 Å². The van der Waals surface area contributed by atoms with Gasteiger partial charge in [-0.05, 0) is 0 Å². The summed E-state index contributed by atoms with van der Waals surface area (Å²) in [6, 6.07) is 0. The number of amides is 1. The van der Waals surface area contributed by atoms with Gasteiger partial charge in [0.05, 0.1) is 11.9 Å². The van der Waals surface area contributed by atoms with Gasteiger partial charge in [-0.25, -0.2) is 4.98 Å². The summed E-state index contributed by atoms with van der Waals surface area (Å²) < 4.78 is 3.62. The number of aromatic nitrogens is 4. The van der Waals surface area contributed by atoms with Gasteiger partial charge in [-0.2, -0.15) is 5.10 Å². The molecule has 0 fully saturated rings. The molecule has 3 aromatic rings. The maximum atomic E-state index is 11.9. The van der Waals surface area contributed by atoms with E-state index in [1.165, 1.54) is 11.3 Å². The van der Waals surface area contributed by atoms with Gasteiger partial charge >= 0.3 is 0 Å². The van der Waals surface area contributed by atoms with Crippen molar-refractivity contribution in [2.75, 3.05) is 5.32 Å². The lowest BCUT2D eigenvalue weighted by molar-refractivity contribution is -0.116. The Bertz CT molecular complexity index is 832. The van der Waals surface area contributed by atoms with Gasteiger partial charge in [0.25, 0.3) is 0 Å². The number of anilines is 1. The second kappa shape index (κ2) is 4.07. The van der Waals surface area contributed by atoms with E-state index in [-0.39, 0.29) is 11.8 Å². The summed E-state index contributed by atoms with van der Waals surface area (Å²) >= 11 is 7.80. The van der Waals surface area contributed by atoms with Gasteiger partial charge in [0, 0.05) is 36.5 Å². The number of rotatable bonds is 1. The first-order valence-corrected chi connectivity index (χ1v) is 7.33. The molecule has 1 aliphatic heterocycles. The lowest BCUT2D eigenvalue weighted by atomic mass is 9.91. The van der Waals surface area contributed by atoms with Crippen molar-refractivity contribution in [2.45, 2.75) is 12.3 Å². The number of aryl methyl sites for hydroxylation is 1. The molecule has 1 atom stereocenters. The van der Waals surface area contributed by atoms with Crippen LogP contribution in [0.1, 0.15) is 23.6 Å². The van der Waals surface area contributed by atoms with Gasteiger partial charge in [-0.15, -0.1) is 11.3 Å². The molecule has 20 heavy (non-hydrogen) atoms. The largest absolute Gasteiger partial charge is 0.311 e. The zero-order chi connectivity index (χ0) is 13.9. The van der Waals surface area contributed by atoms with Gasteiger partial charge in [-0.3, -0.25) is 13.9 Å². The molecule has 1 aliphatic rings. The molecule has 4 heterocycles. The first kappa shape index (κ1) is 11.9. The van der Waals surface area contributed by atoms with Crippen molar-refractivity contribution in [3.8, 4) is 0 Å². The monoisotopic (exact) mass is 307 g/mol. The highest BCUT2D eigenvalue weighted by Gasteiger charge is 2.33. The third-order valence-corrected chi connectivity index (χ3v) is 4.61. The number of imidazole rings is 1. The van der Waals surface area contributed by atoms with Crippen LogP contribution in [-0.2, 0) is 11.8 Å². The van der Waals surface area contributed by atoms with Crippen molar-refractivity contribution in [3.05, 3.63) is 34.2 Å². The van der Waals surface area contributed by atoms with Crippen molar-refractivity contribution in [3.63, 3.8) is 0 Å². The number of nitrogens with one attached hydrogen (secondary N) is 1. The van der Waals surface area contributed by atoms with Gasteiger partial charge < -0.3 is 5.32 Å². The van der Waals surface area contributed by atoms with Crippen molar-refractivity contribution in [1.82, 2.24) is 19.2 Å². The highest BCUT2D eigenvalue weighted by atomic mass is 35.5. The van der Waals surface area contributed by atoms with Gasteiger partial charge in [0.2, 0.25) is 5.91 Å². The Morgan fingerprint density at radius 2 is 2.40 bits per heavy atom. The van der Waals surface area contributed by atoms with Gasteiger partial charge in [0.15, 0.2) is 10.1 Å². The molecule has 0 radical (unpaired) electrons. The zero-order valence-electron chi connectivity index (χ0n) is 10.5. The van der Waals surface area contributed by atoms with Gasteiger partial charge in [0.1, 0.15) is 5.82 Å². The van der Waals surface area contributed by atoms with Crippen molar-refractivity contribution in [2.24, 2.45) is 7.05 Å². The summed E-state index contributed by atoms with van der Waals surface area (Å²) in [6.07, 6.45) is 4.06. The molecule has 0 aromatic carbocycles. The van der Waals surface area contributed by atoms with Crippen LogP contribution in [-0.4, -0.2) is 25.1 Å². The molecular weight excluding hydrogens is 298 g/mol. The minimum absolute atomic E-state index is 0.0349. The fourth-order valence-corrected chi connectivity index (χ4v) is 3.75. The second-order valence-corrected chi connectivity index (χ2v) is 5.95. The molecule has 0 spiro atoms. The second-order valence-electron chi connectivity index (χ2n) is 4.72. The third kappa shape index (κ3) is 1.53. The lowest BCUT2D eigenvalue weighted by Gasteiger charge is -2.22.